The SMILES string of the molecule is CCOC(=O)c1ccc(NC(=S)Nc2cccc(Cl)c2Cl)cc1. The molecule has 120 valence electrons. The number of anilines is 2. The van der Waals surface area contributed by atoms with Gasteiger partial charge in [0, 0.05) is 5.69 Å². The summed E-state index contributed by atoms with van der Waals surface area (Å²) >= 11 is 17.3. The molecule has 2 aromatic rings. The van der Waals surface area contributed by atoms with Crippen molar-refractivity contribution in [1.82, 2.24) is 0 Å². The van der Waals surface area contributed by atoms with Crippen LogP contribution in [-0.4, -0.2) is 17.7 Å². The standard InChI is InChI=1S/C16H14Cl2N2O2S/c1-2-22-15(21)10-6-8-11(9-7-10)19-16(23)20-13-5-3-4-12(17)14(13)18/h3-9H,2H2,1H3,(H2,19,20,23). The fraction of sp³-hybridized carbons (Fsp3) is 0.125. The molecule has 0 heterocycles. The van der Waals surface area contributed by atoms with E-state index >= 15 is 0 Å². The molecule has 0 saturated carbocycles. The van der Waals surface area contributed by atoms with Gasteiger partial charge in [0.15, 0.2) is 5.11 Å². The van der Waals surface area contributed by atoms with Gasteiger partial charge in [-0.25, -0.2) is 4.79 Å². The zero-order valence-corrected chi connectivity index (χ0v) is 14.6. The summed E-state index contributed by atoms with van der Waals surface area (Å²) in [5, 5.41) is 7.17. The molecule has 0 aromatic heterocycles. The molecule has 0 fully saturated rings. The van der Waals surface area contributed by atoms with E-state index in [2.05, 4.69) is 10.6 Å². The molecular weight excluding hydrogens is 355 g/mol. The number of nitrogens with one attached hydrogen (secondary N) is 2. The van der Waals surface area contributed by atoms with Gasteiger partial charge in [-0.1, -0.05) is 29.3 Å². The number of hydrogen-bond acceptors (Lipinski definition) is 3. The average molecular weight is 369 g/mol. The Morgan fingerprint density at radius 3 is 2.48 bits per heavy atom. The number of carbonyl (C=O) groups excluding carboxylic acids is 1. The van der Waals surface area contributed by atoms with Gasteiger partial charge in [-0.3, -0.25) is 0 Å². The summed E-state index contributed by atoms with van der Waals surface area (Å²) in [7, 11) is 0. The maximum Gasteiger partial charge on any atom is 0.338 e. The van der Waals surface area contributed by atoms with E-state index in [0.717, 1.165) is 5.69 Å². The molecule has 0 bridgehead atoms. The summed E-state index contributed by atoms with van der Waals surface area (Å²) in [5.41, 5.74) is 1.82. The molecule has 0 unspecified atom stereocenters. The van der Waals surface area contributed by atoms with E-state index in [0.29, 0.717) is 33.0 Å². The van der Waals surface area contributed by atoms with E-state index in [1.54, 1.807) is 49.4 Å². The summed E-state index contributed by atoms with van der Waals surface area (Å²) in [5.74, 6) is -0.356. The van der Waals surface area contributed by atoms with Crippen LogP contribution in [0.1, 0.15) is 17.3 Å². The molecule has 0 saturated heterocycles. The van der Waals surface area contributed by atoms with Gasteiger partial charge in [0.25, 0.3) is 0 Å². The van der Waals surface area contributed by atoms with Crippen molar-refractivity contribution in [3.63, 3.8) is 0 Å². The molecule has 0 radical (unpaired) electrons. The summed E-state index contributed by atoms with van der Waals surface area (Å²) in [6, 6.07) is 12.0. The number of hydrogen-bond donors (Lipinski definition) is 2. The number of benzene rings is 2. The number of halogens is 2. The first-order valence-corrected chi connectivity index (χ1v) is 7.97. The molecule has 0 aliphatic rings. The third-order valence-corrected chi connectivity index (χ3v) is 3.88. The van der Waals surface area contributed by atoms with Crippen molar-refractivity contribution >= 4 is 57.9 Å². The number of thiocarbonyl (C=S) groups is 1. The Morgan fingerprint density at radius 2 is 1.83 bits per heavy atom. The van der Waals surface area contributed by atoms with Crippen LogP contribution in [0.5, 0.6) is 0 Å². The lowest BCUT2D eigenvalue weighted by Crippen LogP contribution is -2.19. The van der Waals surface area contributed by atoms with Crippen molar-refractivity contribution in [1.29, 1.82) is 0 Å². The zero-order valence-electron chi connectivity index (χ0n) is 12.2. The van der Waals surface area contributed by atoms with Gasteiger partial charge < -0.3 is 15.4 Å². The number of ether oxygens (including phenoxy) is 1. The molecule has 23 heavy (non-hydrogen) atoms. The summed E-state index contributed by atoms with van der Waals surface area (Å²) in [6.45, 7) is 2.10. The Labute approximate surface area is 149 Å². The van der Waals surface area contributed by atoms with Crippen LogP contribution < -0.4 is 10.6 Å². The topological polar surface area (TPSA) is 50.4 Å². The van der Waals surface area contributed by atoms with Gasteiger partial charge in [-0.2, -0.15) is 0 Å². The first kappa shape index (κ1) is 17.5. The van der Waals surface area contributed by atoms with Crippen molar-refractivity contribution in [2.75, 3.05) is 17.2 Å². The van der Waals surface area contributed by atoms with Crippen LogP contribution in [0.3, 0.4) is 0 Å². The highest BCUT2D eigenvalue weighted by Crippen LogP contribution is 2.29. The Balaban J connectivity index is 2.00. The van der Waals surface area contributed by atoms with Gasteiger partial charge in [-0.05, 0) is 55.5 Å². The molecule has 0 amide bonds. The second-order valence-electron chi connectivity index (χ2n) is 4.48. The highest BCUT2D eigenvalue weighted by Gasteiger charge is 2.08. The highest BCUT2D eigenvalue weighted by molar-refractivity contribution is 7.80. The third-order valence-electron chi connectivity index (χ3n) is 2.85. The first-order valence-electron chi connectivity index (χ1n) is 6.80. The van der Waals surface area contributed by atoms with E-state index in [4.69, 9.17) is 40.2 Å². The van der Waals surface area contributed by atoms with Crippen LogP contribution in [0.15, 0.2) is 42.5 Å². The monoisotopic (exact) mass is 368 g/mol. The van der Waals surface area contributed by atoms with Crippen molar-refractivity contribution in [3.05, 3.63) is 58.1 Å². The van der Waals surface area contributed by atoms with Gasteiger partial charge in [0.1, 0.15) is 0 Å². The smallest absolute Gasteiger partial charge is 0.338 e. The molecule has 0 aliphatic carbocycles. The van der Waals surface area contributed by atoms with Gasteiger partial charge in [-0.15, -0.1) is 0 Å². The van der Waals surface area contributed by atoms with Gasteiger partial charge in [0.2, 0.25) is 0 Å². The second kappa shape index (κ2) is 8.15. The molecule has 0 spiro atoms. The quantitative estimate of drug-likeness (QED) is 0.588. The summed E-state index contributed by atoms with van der Waals surface area (Å²) in [6.07, 6.45) is 0. The van der Waals surface area contributed by atoms with Crippen LogP contribution in [0.25, 0.3) is 0 Å². The largest absolute Gasteiger partial charge is 0.462 e. The maximum atomic E-state index is 11.6. The molecule has 0 aliphatic heterocycles. The predicted molar refractivity (Wildman–Crippen MR) is 98.7 cm³/mol. The number of rotatable bonds is 4. The van der Waals surface area contributed by atoms with Crippen LogP contribution >= 0.6 is 35.4 Å². The highest BCUT2D eigenvalue weighted by atomic mass is 35.5. The minimum Gasteiger partial charge on any atom is -0.462 e. The van der Waals surface area contributed by atoms with Crippen molar-refractivity contribution in [2.24, 2.45) is 0 Å². The molecule has 2 rings (SSSR count). The summed E-state index contributed by atoms with van der Waals surface area (Å²) in [4.78, 5) is 11.6. The van der Waals surface area contributed by atoms with Gasteiger partial charge in [0.05, 0.1) is 27.9 Å². The summed E-state index contributed by atoms with van der Waals surface area (Å²) < 4.78 is 4.93. The van der Waals surface area contributed by atoms with Crippen molar-refractivity contribution in [2.45, 2.75) is 6.92 Å². The van der Waals surface area contributed by atoms with E-state index in [-0.39, 0.29) is 5.97 Å². The second-order valence-corrected chi connectivity index (χ2v) is 5.67. The molecule has 7 heteroatoms. The third kappa shape index (κ3) is 4.82. The zero-order chi connectivity index (χ0) is 16.8. The minimum atomic E-state index is -0.356. The normalized spacial score (nSPS) is 10.0. The number of esters is 1. The molecule has 2 N–H and O–H groups in total. The lowest BCUT2D eigenvalue weighted by Gasteiger charge is -2.12. The van der Waals surface area contributed by atoms with Crippen LogP contribution in [0, 0.1) is 0 Å². The fourth-order valence-corrected chi connectivity index (χ4v) is 2.36. The Kier molecular flexibility index (Phi) is 6.21. The molecule has 0 atom stereocenters. The minimum absolute atomic E-state index is 0.341. The van der Waals surface area contributed by atoms with Crippen LogP contribution in [-0.2, 0) is 4.74 Å². The molecule has 2 aromatic carbocycles. The Hall–Kier alpha value is -1.82. The molecule has 4 nitrogen and oxygen atoms in total. The number of carbonyl (C=O) groups is 1. The Bertz CT molecular complexity index is 721. The predicted octanol–water partition coefficient (Wildman–Crippen LogP) is 4.98. The lowest BCUT2D eigenvalue weighted by molar-refractivity contribution is 0.0526. The fourth-order valence-electron chi connectivity index (χ4n) is 1.79. The lowest BCUT2D eigenvalue weighted by atomic mass is 10.2. The first-order chi connectivity index (χ1) is 11.0. The van der Waals surface area contributed by atoms with E-state index in [1.807, 2.05) is 0 Å². The van der Waals surface area contributed by atoms with Crippen LogP contribution in [0.2, 0.25) is 10.0 Å². The van der Waals surface area contributed by atoms with E-state index in [1.165, 1.54) is 0 Å². The van der Waals surface area contributed by atoms with E-state index in [9.17, 15) is 4.79 Å². The van der Waals surface area contributed by atoms with Crippen molar-refractivity contribution < 1.29 is 9.53 Å². The Morgan fingerprint density at radius 1 is 1.13 bits per heavy atom. The van der Waals surface area contributed by atoms with Crippen LogP contribution in [0.4, 0.5) is 11.4 Å². The molecular formula is C16H14Cl2N2O2S. The maximum absolute atomic E-state index is 11.6. The average Bonchev–Trinajstić information content (AvgIpc) is 2.53. The van der Waals surface area contributed by atoms with Gasteiger partial charge >= 0.3 is 5.97 Å². The van der Waals surface area contributed by atoms with Crippen molar-refractivity contribution in [3.8, 4) is 0 Å². The van der Waals surface area contributed by atoms with E-state index < -0.39 is 0 Å².